The van der Waals surface area contributed by atoms with Crippen LogP contribution in [0.4, 0.5) is 5.69 Å². The quantitative estimate of drug-likeness (QED) is 0.357. The first-order chi connectivity index (χ1) is 9.43. The van der Waals surface area contributed by atoms with E-state index in [9.17, 15) is 19.7 Å². The maximum absolute atomic E-state index is 11.2. The van der Waals surface area contributed by atoms with Crippen molar-refractivity contribution in [3.05, 3.63) is 45.0 Å². The summed E-state index contributed by atoms with van der Waals surface area (Å²) >= 11 is 5.65. The molecule has 1 aromatic carbocycles. The first-order valence-electron chi connectivity index (χ1n) is 5.29. The Morgan fingerprint density at radius 3 is 2.75 bits per heavy atom. The molecule has 0 aliphatic rings. The van der Waals surface area contributed by atoms with Gasteiger partial charge < -0.3 is 9.47 Å². The fraction of sp³-hybridized carbons (Fsp3) is 0.167. The molecule has 0 aliphatic heterocycles. The van der Waals surface area contributed by atoms with Gasteiger partial charge in [-0.1, -0.05) is 17.7 Å². The van der Waals surface area contributed by atoms with Crippen molar-refractivity contribution in [3.8, 4) is 0 Å². The summed E-state index contributed by atoms with van der Waals surface area (Å²) in [6, 6.07) is 4.06. The van der Waals surface area contributed by atoms with Crippen molar-refractivity contribution >= 4 is 35.3 Å². The van der Waals surface area contributed by atoms with Gasteiger partial charge in [0.15, 0.2) is 6.61 Å². The number of nitrogens with zero attached hydrogens (tertiary/aromatic N) is 1. The van der Waals surface area contributed by atoms with Gasteiger partial charge in [0.25, 0.3) is 5.69 Å². The molecule has 0 radical (unpaired) electrons. The molecule has 0 saturated heterocycles. The second-order valence-electron chi connectivity index (χ2n) is 3.49. The molecule has 106 valence electrons. The molecule has 0 aliphatic carbocycles. The number of rotatable bonds is 5. The van der Waals surface area contributed by atoms with Crippen molar-refractivity contribution in [1.82, 2.24) is 0 Å². The molecule has 0 saturated carbocycles. The predicted octanol–water partition coefficient (Wildman–Crippen LogP) is 1.98. The molecule has 0 heterocycles. The number of hydrogen-bond donors (Lipinski definition) is 0. The van der Waals surface area contributed by atoms with Gasteiger partial charge >= 0.3 is 11.9 Å². The van der Waals surface area contributed by atoms with Crippen molar-refractivity contribution in [2.45, 2.75) is 0 Å². The van der Waals surface area contributed by atoms with Gasteiger partial charge in [0, 0.05) is 12.1 Å². The third-order valence-electron chi connectivity index (χ3n) is 2.14. The van der Waals surface area contributed by atoms with E-state index in [0.29, 0.717) is 5.56 Å². The van der Waals surface area contributed by atoms with Crippen LogP contribution in [0.15, 0.2) is 24.3 Å². The van der Waals surface area contributed by atoms with Gasteiger partial charge in [-0.2, -0.15) is 0 Å². The van der Waals surface area contributed by atoms with Crippen molar-refractivity contribution < 1.29 is 24.0 Å². The van der Waals surface area contributed by atoms with Crippen molar-refractivity contribution in [1.29, 1.82) is 0 Å². The van der Waals surface area contributed by atoms with Crippen LogP contribution in [-0.4, -0.2) is 30.6 Å². The van der Waals surface area contributed by atoms with E-state index in [-0.39, 0.29) is 10.7 Å². The highest BCUT2D eigenvalue weighted by molar-refractivity contribution is 6.32. The monoisotopic (exact) mass is 299 g/mol. The Balaban J connectivity index is 2.71. The van der Waals surface area contributed by atoms with Gasteiger partial charge in [-0.25, -0.2) is 9.59 Å². The molecule has 0 spiro atoms. The van der Waals surface area contributed by atoms with Gasteiger partial charge in [-0.15, -0.1) is 0 Å². The molecule has 1 aromatic rings. The Bertz CT molecular complexity index is 569. The van der Waals surface area contributed by atoms with Crippen molar-refractivity contribution in [2.24, 2.45) is 0 Å². The molecular formula is C12H10ClNO6. The summed E-state index contributed by atoms with van der Waals surface area (Å²) in [4.78, 5) is 32.0. The maximum atomic E-state index is 11.2. The number of methoxy groups -OCH3 is 1. The Morgan fingerprint density at radius 1 is 1.45 bits per heavy atom. The summed E-state index contributed by atoms with van der Waals surface area (Å²) in [5.41, 5.74) is 0.132. The Labute approximate surface area is 118 Å². The fourth-order valence-electron chi connectivity index (χ4n) is 1.17. The van der Waals surface area contributed by atoms with Gasteiger partial charge in [0.2, 0.25) is 0 Å². The highest BCUT2D eigenvalue weighted by Gasteiger charge is 2.11. The summed E-state index contributed by atoms with van der Waals surface area (Å²) in [5.74, 6) is -1.46. The number of halogens is 1. The third-order valence-corrected chi connectivity index (χ3v) is 2.46. The first kappa shape index (κ1) is 15.6. The average Bonchev–Trinajstić information content (AvgIpc) is 2.43. The van der Waals surface area contributed by atoms with E-state index in [4.69, 9.17) is 11.6 Å². The number of carbonyl (C=O) groups excluding carboxylic acids is 2. The van der Waals surface area contributed by atoms with Crippen LogP contribution in [0.1, 0.15) is 5.56 Å². The molecule has 7 nitrogen and oxygen atoms in total. The minimum atomic E-state index is -0.770. The molecule has 8 heteroatoms. The predicted molar refractivity (Wildman–Crippen MR) is 70.1 cm³/mol. The Morgan fingerprint density at radius 2 is 2.15 bits per heavy atom. The van der Waals surface area contributed by atoms with Gasteiger partial charge in [0.1, 0.15) is 5.02 Å². The average molecular weight is 300 g/mol. The number of ether oxygens (including phenoxy) is 2. The van der Waals surface area contributed by atoms with E-state index in [2.05, 4.69) is 9.47 Å². The molecule has 0 amide bonds. The summed E-state index contributed by atoms with van der Waals surface area (Å²) in [6.45, 7) is -0.500. The number of nitro groups is 1. The zero-order chi connectivity index (χ0) is 15.1. The van der Waals surface area contributed by atoms with Crippen LogP contribution in [0.5, 0.6) is 0 Å². The van der Waals surface area contributed by atoms with Crippen LogP contribution in [-0.2, 0) is 19.1 Å². The number of esters is 2. The van der Waals surface area contributed by atoms with Gasteiger partial charge in [0.05, 0.1) is 12.0 Å². The zero-order valence-electron chi connectivity index (χ0n) is 10.4. The molecule has 0 fully saturated rings. The van der Waals surface area contributed by atoms with Crippen LogP contribution >= 0.6 is 11.6 Å². The lowest BCUT2D eigenvalue weighted by Crippen LogP contribution is -2.13. The lowest BCUT2D eigenvalue weighted by Gasteiger charge is -2.00. The summed E-state index contributed by atoms with van der Waals surface area (Å²) < 4.78 is 8.85. The van der Waals surface area contributed by atoms with Gasteiger partial charge in [-0.3, -0.25) is 10.1 Å². The van der Waals surface area contributed by atoms with Gasteiger partial charge in [-0.05, 0) is 17.7 Å². The minimum Gasteiger partial charge on any atom is -0.466 e. The zero-order valence-corrected chi connectivity index (χ0v) is 11.1. The highest BCUT2D eigenvalue weighted by atomic mass is 35.5. The summed E-state index contributed by atoms with van der Waals surface area (Å²) in [5, 5.41) is 10.7. The Hall–Kier alpha value is -2.41. The number of benzene rings is 1. The summed E-state index contributed by atoms with van der Waals surface area (Å²) in [6.07, 6.45) is 2.35. The minimum absolute atomic E-state index is 0.000387. The molecule has 0 aromatic heterocycles. The molecule has 0 atom stereocenters. The van der Waals surface area contributed by atoms with E-state index in [0.717, 1.165) is 6.08 Å². The number of carbonyl (C=O) groups is 2. The lowest BCUT2D eigenvalue weighted by molar-refractivity contribution is -0.384. The van der Waals surface area contributed by atoms with Crippen LogP contribution < -0.4 is 0 Å². The first-order valence-corrected chi connectivity index (χ1v) is 5.67. The normalized spacial score (nSPS) is 10.3. The lowest BCUT2D eigenvalue weighted by atomic mass is 10.2. The molecular weight excluding hydrogens is 290 g/mol. The summed E-state index contributed by atoms with van der Waals surface area (Å²) in [7, 11) is 1.17. The highest BCUT2D eigenvalue weighted by Crippen LogP contribution is 2.25. The van der Waals surface area contributed by atoms with Crippen LogP contribution in [0.2, 0.25) is 5.02 Å². The van der Waals surface area contributed by atoms with Crippen LogP contribution in [0, 0.1) is 10.1 Å². The van der Waals surface area contributed by atoms with Crippen molar-refractivity contribution in [3.63, 3.8) is 0 Å². The van der Waals surface area contributed by atoms with Crippen LogP contribution in [0.3, 0.4) is 0 Å². The van der Waals surface area contributed by atoms with E-state index < -0.39 is 23.5 Å². The molecule has 0 bridgehead atoms. The molecule has 1 rings (SSSR count). The van der Waals surface area contributed by atoms with Crippen molar-refractivity contribution in [2.75, 3.05) is 13.7 Å². The smallest absolute Gasteiger partial charge is 0.344 e. The van der Waals surface area contributed by atoms with E-state index in [1.807, 2.05) is 0 Å². The van der Waals surface area contributed by atoms with Crippen LogP contribution in [0.25, 0.3) is 6.08 Å². The fourth-order valence-corrected chi connectivity index (χ4v) is 1.36. The topological polar surface area (TPSA) is 95.7 Å². The van der Waals surface area contributed by atoms with E-state index in [1.54, 1.807) is 0 Å². The SMILES string of the molecule is COC(=O)COC(=O)/C=C/c1ccc(Cl)c([N+](=O)[O-])c1. The largest absolute Gasteiger partial charge is 0.466 e. The Kier molecular flexibility index (Phi) is 5.67. The number of nitro benzene ring substituents is 1. The number of hydrogen-bond acceptors (Lipinski definition) is 6. The second-order valence-corrected chi connectivity index (χ2v) is 3.89. The van der Waals surface area contributed by atoms with E-state index >= 15 is 0 Å². The third kappa shape index (κ3) is 4.69. The maximum Gasteiger partial charge on any atom is 0.344 e. The molecule has 20 heavy (non-hydrogen) atoms. The second kappa shape index (κ2) is 7.25. The van der Waals surface area contributed by atoms with E-state index in [1.165, 1.54) is 31.4 Å². The standard InChI is InChI=1S/C12H10ClNO6/c1-19-12(16)7-20-11(15)5-3-8-2-4-9(13)10(6-8)14(17)18/h2-6H,7H2,1H3/b5-3+. The molecule has 0 N–H and O–H groups in total. The molecule has 0 unspecified atom stereocenters.